The number of likely N-dealkylation sites (tertiary alicyclic amines) is 1. The number of primary amides is 1. The molecule has 3 N–H and O–H groups in total. The predicted molar refractivity (Wildman–Crippen MR) is 108 cm³/mol. The maximum atomic E-state index is 12.7. The van der Waals surface area contributed by atoms with Crippen LogP contribution >= 0.6 is 11.6 Å². The third-order valence-electron chi connectivity index (χ3n) is 5.70. The zero-order valence-electron chi connectivity index (χ0n) is 15.4. The van der Waals surface area contributed by atoms with Crippen molar-refractivity contribution >= 4 is 29.1 Å². The lowest BCUT2D eigenvalue weighted by molar-refractivity contribution is -0.122. The van der Waals surface area contributed by atoms with Gasteiger partial charge in [-0.25, -0.2) is 0 Å². The largest absolute Gasteiger partial charge is 0.492 e. The smallest absolute Gasteiger partial charge is 0.248 e. The number of piperidine rings is 1. The lowest BCUT2D eigenvalue weighted by atomic mass is 9.73. The number of benzene rings is 2. The lowest BCUT2D eigenvalue weighted by Crippen LogP contribution is -2.47. The minimum absolute atomic E-state index is 0.0789. The van der Waals surface area contributed by atoms with Crippen LogP contribution in [0.4, 0.5) is 5.69 Å². The summed E-state index contributed by atoms with van der Waals surface area (Å²) in [6.07, 6.45) is 1.53. The van der Waals surface area contributed by atoms with Gasteiger partial charge in [0, 0.05) is 22.8 Å². The Morgan fingerprint density at radius 3 is 2.57 bits per heavy atom. The van der Waals surface area contributed by atoms with Crippen molar-refractivity contribution in [2.24, 2.45) is 5.73 Å². The molecule has 0 atom stereocenters. The number of rotatable bonds is 5. The molecule has 1 saturated heterocycles. The molecule has 0 saturated carbocycles. The molecule has 2 aromatic rings. The van der Waals surface area contributed by atoms with Crippen LogP contribution in [0.25, 0.3) is 0 Å². The molecular formula is C21H22ClN3O3. The quantitative estimate of drug-likeness (QED) is 0.809. The molecule has 0 unspecified atom stereocenters. The van der Waals surface area contributed by atoms with Gasteiger partial charge in [-0.05, 0) is 74.0 Å². The fraction of sp³-hybridized carbons (Fsp3) is 0.333. The standard InChI is InChI=1S/C21H22ClN3O3/c22-15-3-6-18-17(13-15)21(20(27)24-18)7-9-25(10-8-21)11-12-28-16-4-1-14(2-5-16)19(23)26/h1-6,13H,7-12H2,(H2,23,26)(H,24,27). The fourth-order valence-electron chi connectivity index (χ4n) is 4.05. The van der Waals surface area contributed by atoms with E-state index in [1.165, 1.54) is 0 Å². The Balaban J connectivity index is 1.32. The van der Waals surface area contributed by atoms with Crippen molar-refractivity contribution < 1.29 is 14.3 Å². The van der Waals surface area contributed by atoms with Crippen LogP contribution in [-0.4, -0.2) is 43.0 Å². The van der Waals surface area contributed by atoms with Gasteiger partial charge in [-0.15, -0.1) is 0 Å². The van der Waals surface area contributed by atoms with Gasteiger partial charge in [0.1, 0.15) is 12.4 Å². The maximum absolute atomic E-state index is 12.7. The van der Waals surface area contributed by atoms with Gasteiger partial charge in [0.25, 0.3) is 0 Å². The van der Waals surface area contributed by atoms with Crippen LogP contribution in [0.15, 0.2) is 42.5 Å². The normalized spacial score (nSPS) is 18.0. The summed E-state index contributed by atoms with van der Waals surface area (Å²) in [5.41, 5.74) is 7.13. The first kappa shape index (κ1) is 18.8. The SMILES string of the molecule is NC(=O)c1ccc(OCCN2CCC3(CC2)C(=O)Nc2ccc(Cl)cc23)cc1. The van der Waals surface area contributed by atoms with Crippen LogP contribution in [0.1, 0.15) is 28.8 Å². The average Bonchev–Trinajstić information content (AvgIpc) is 2.95. The molecule has 7 heteroatoms. The summed E-state index contributed by atoms with van der Waals surface area (Å²) in [5.74, 6) is 0.333. The molecule has 1 fully saturated rings. The Labute approximate surface area is 168 Å². The van der Waals surface area contributed by atoms with Crippen LogP contribution in [0.3, 0.4) is 0 Å². The lowest BCUT2D eigenvalue weighted by Gasteiger charge is -2.37. The third kappa shape index (κ3) is 3.45. The molecule has 28 heavy (non-hydrogen) atoms. The molecule has 2 amide bonds. The number of nitrogens with zero attached hydrogens (tertiary/aromatic N) is 1. The summed E-state index contributed by atoms with van der Waals surface area (Å²) in [5, 5.41) is 3.66. The first-order chi connectivity index (χ1) is 13.5. The molecule has 0 radical (unpaired) electrons. The van der Waals surface area contributed by atoms with Gasteiger partial charge in [-0.2, -0.15) is 0 Å². The summed E-state index contributed by atoms with van der Waals surface area (Å²) < 4.78 is 5.76. The van der Waals surface area contributed by atoms with Crippen LogP contribution in [0.2, 0.25) is 5.02 Å². The van der Waals surface area contributed by atoms with E-state index >= 15 is 0 Å². The van der Waals surface area contributed by atoms with E-state index in [4.69, 9.17) is 22.1 Å². The van der Waals surface area contributed by atoms with E-state index in [-0.39, 0.29) is 5.91 Å². The highest BCUT2D eigenvalue weighted by atomic mass is 35.5. The fourth-order valence-corrected chi connectivity index (χ4v) is 4.22. The van der Waals surface area contributed by atoms with Crippen molar-refractivity contribution in [2.75, 3.05) is 31.6 Å². The number of halogens is 1. The highest BCUT2D eigenvalue weighted by Gasteiger charge is 2.48. The van der Waals surface area contributed by atoms with E-state index in [1.54, 1.807) is 24.3 Å². The molecule has 1 spiro atoms. The average molecular weight is 400 g/mol. The predicted octanol–water partition coefficient (Wildman–Crippen LogP) is 2.80. The number of nitrogens with one attached hydrogen (secondary N) is 1. The van der Waals surface area contributed by atoms with Gasteiger partial charge in [0.15, 0.2) is 0 Å². The Hall–Kier alpha value is -2.57. The number of hydrogen-bond donors (Lipinski definition) is 2. The number of amides is 2. The van der Waals surface area contributed by atoms with Gasteiger partial charge in [-0.1, -0.05) is 11.6 Å². The topological polar surface area (TPSA) is 84.7 Å². The molecular weight excluding hydrogens is 378 g/mol. The van der Waals surface area contributed by atoms with E-state index < -0.39 is 11.3 Å². The molecule has 6 nitrogen and oxygen atoms in total. The monoisotopic (exact) mass is 399 g/mol. The minimum atomic E-state index is -0.470. The summed E-state index contributed by atoms with van der Waals surface area (Å²) in [6, 6.07) is 12.4. The molecule has 2 aromatic carbocycles. The number of carbonyl (C=O) groups excluding carboxylic acids is 2. The maximum Gasteiger partial charge on any atom is 0.248 e. The van der Waals surface area contributed by atoms with Gasteiger partial charge in [-0.3, -0.25) is 14.5 Å². The summed E-state index contributed by atoms with van der Waals surface area (Å²) in [6.45, 7) is 2.96. The Bertz CT molecular complexity index is 906. The Kier molecular flexibility index (Phi) is 5.00. The van der Waals surface area contributed by atoms with Crippen LogP contribution in [0, 0.1) is 0 Å². The third-order valence-corrected chi connectivity index (χ3v) is 5.94. The number of nitrogens with two attached hydrogens (primary N) is 1. The summed E-state index contributed by atoms with van der Waals surface area (Å²) in [7, 11) is 0. The highest BCUT2D eigenvalue weighted by molar-refractivity contribution is 6.31. The summed E-state index contributed by atoms with van der Waals surface area (Å²) >= 11 is 6.16. The van der Waals surface area contributed by atoms with E-state index in [0.29, 0.717) is 22.9 Å². The van der Waals surface area contributed by atoms with E-state index in [9.17, 15) is 9.59 Å². The molecule has 2 aliphatic heterocycles. The Morgan fingerprint density at radius 1 is 1.18 bits per heavy atom. The van der Waals surface area contributed by atoms with Crippen molar-refractivity contribution in [1.82, 2.24) is 4.90 Å². The summed E-state index contributed by atoms with van der Waals surface area (Å²) in [4.78, 5) is 26.1. The van der Waals surface area contributed by atoms with E-state index in [0.717, 1.165) is 43.7 Å². The zero-order valence-corrected chi connectivity index (χ0v) is 16.2. The zero-order chi connectivity index (χ0) is 19.7. The minimum Gasteiger partial charge on any atom is -0.492 e. The molecule has 2 aliphatic rings. The van der Waals surface area contributed by atoms with E-state index in [2.05, 4.69) is 10.2 Å². The van der Waals surface area contributed by atoms with Crippen molar-refractivity contribution in [3.05, 3.63) is 58.6 Å². The molecule has 0 bridgehead atoms. The molecule has 2 heterocycles. The molecule has 0 aromatic heterocycles. The van der Waals surface area contributed by atoms with Crippen LogP contribution in [-0.2, 0) is 10.2 Å². The second kappa shape index (κ2) is 7.45. The number of carbonyl (C=O) groups is 2. The van der Waals surface area contributed by atoms with Gasteiger partial charge >= 0.3 is 0 Å². The number of fused-ring (bicyclic) bond motifs is 2. The first-order valence-electron chi connectivity index (χ1n) is 9.34. The van der Waals surface area contributed by atoms with Gasteiger partial charge < -0.3 is 15.8 Å². The number of anilines is 1. The molecule has 0 aliphatic carbocycles. The number of hydrogen-bond acceptors (Lipinski definition) is 4. The van der Waals surface area contributed by atoms with E-state index in [1.807, 2.05) is 18.2 Å². The molecule has 146 valence electrons. The van der Waals surface area contributed by atoms with Gasteiger partial charge in [0.05, 0.1) is 5.41 Å². The number of ether oxygens (including phenoxy) is 1. The molecule has 4 rings (SSSR count). The van der Waals surface area contributed by atoms with Gasteiger partial charge in [0.2, 0.25) is 11.8 Å². The second-order valence-electron chi connectivity index (χ2n) is 7.30. The Morgan fingerprint density at radius 2 is 1.89 bits per heavy atom. The highest BCUT2D eigenvalue weighted by Crippen LogP contribution is 2.45. The van der Waals surface area contributed by atoms with Crippen LogP contribution in [0.5, 0.6) is 5.75 Å². The van der Waals surface area contributed by atoms with Crippen molar-refractivity contribution in [1.29, 1.82) is 0 Å². The van der Waals surface area contributed by atoms with Crippen molar-refractivity contribution in [3.8, 4) is 5.75 Å². The second-order valence-corrected chi connectivity index (χ2v) is 7.74. The van der Waals surface area contributed by atoms with Crippen LogP contribution < -0.4 is 15.8 Å². The van der Waals surface area contributed by atoms with Crippen molar-refractivity contribution in [3.63, 3.8) is 0 Å². The van der Waals surface area contributed by atoms with Crippen molar-refractivity contribution in [2.45, 2.75) is 18.3 Å². The first-order valence-corrected chi connectivity index (χ1v) is 9.72.